The summed E-state index contributed by atoms with van der Waals surface area (Å²) in [5.41, 5.74) is -1.75. The van der Waals surface area contributed by atoms with Crippen molar-refractivity contribution in [1.29, 1.82) is 0 Å². The van der Waals surface area contributed by atoms with Crippen molar-refractivity contribution in [2.75, 3.05) is 13.7 Å². The number of methoxy groups -OCH3 is 1. The van der Waals surface area contributed by atoms with Crippen LogP contribution in [0.2, 0.25) is 0 Å². The molecule has 0 aromatic heterocycles. The molecule has 108 valence electrons. The van der Waals surface area contributed by atoms with E-state index in [1.54, 1.807) is 7.11 Å². The summed E-state index contributed by atoms with van der Waals surface area (Å²) in [6, 6.07) is -0.220. The number of rotatable bonds is 3. The van der Waals surface area contributed by atoms with Crippen molar-refractivity contribution in [1.82, 2.24) is 4.90 Å². The van der Waals surface area contributed by atoms with E-state index < -0.39 is 16.6 Å². The van der Waals surface area contributed by atoms with Gasteiger partial charge < -0.3 is 9.47 Å². The summed E-state index contributed by atoms with van der Waals surface area (Å²) in [6.07, 6.45) is 3.99. The second kappa shape index (κ2) is 3.17. The molecular formula is C15H19NO4. The number of ether oxygens (including phenoxy) is 2. The third kappa shape index (κ3) is 0.969. The van der Waals surface area contributed by atoms with Gasteiger partial charge in [0.1, 0.15) is 11.0 Å². The fourth-order valence-electron chi connectivity index (χ4n) is 5.03. The molecule has 0 aromatic rings. The number of carbonyl (C=O) groups excluding carboxylic acids is 2. The Kier molecular flexibility index (Phi) is 1.99. The van der Waals surface area contributed by atoms with Crippen molar-refractivity contribution in [3.8, 4) is 0 Å². The molecule has 5 nitrogen and oxygen atoms in total. The zero-order chi connectivity index (χ0) is 14.5. The summed E-state index contributed by atoms with van der Waals surface area (Å²) in [6.45, 7) is 6.14. The van der Waals surface area contributed by atoms with Crippen LogP contribution in [0.3, 0.4) is 0 Å². The molecule has 3 heterocycles. The molecule has 0 aromatic carbocycles. The van der Waals surface area contributed by atoms with Gasteiger partial charge in [0.25, 0.3) is 0 Å². The lowest BCUT2D eigenvalue weighted by Crippen LogP contribution is -2.48. The SMILES string of the molecule is COCC(C)N1C(=O)C2C3C4(C)C=CC(C)(O4)C23C1=O. The summed E-state index contributed by atoms with van der Waals surface area (Å²) < 4.78 is 11.2. The lowest BCUT2D eigenvalue weighted by atomic mass is 9.79. The van der Waals surface area contributed by atoms with E-state index in [4.69, 9.17) is 9.47 Å². The molecule has 3 fully saturated rings. The van der Waals surface area contributed by atoms with Crippen LogP contribution in [0.5, 0.6) is 0 Å². The van der Waals surface area contributed by atoms with Crippen molar-refractivity contribution in [2.24, 2.45) is 17.3 Å². The molecule has 5 heteroatoms. The van der Waals surface area contributed by atoms with Crippen LogP contribution in [0.25, 0.3) is 0 Å². The van der Waals surface area contributed by atoms with Gasteiger partial charge in [0.15, 0.2) is 0 Å². The minimum atomic E-state index is -0.657. The summed E-state index contributed by atoms with van der Waals surface area (Å²) in [7, 11) is 1.58. The first kappa shape index (κ1) is 12.5. The van der Waals surface area contributed by atoms with Gasteiger partial charge in [-0.15, -0.1) is 0 Å². The number of fused-ring (bicyclic) bond motifs is 4. The summed E-state index contributed by atoms with van der Waals surface area (Å²) in [5, 5.41) is 0. The van der Waals surface area contributed by atoms with Gasteiger partial charge >= 0.3 is 0 Å². The van der Waals surface area contributed by atoms with E-state index in [0.29, 0.717) is 6.61 Å². The average Bonchev–Trinajstić information content (AvgIpc) is 2.86. The molecule has 2 bridgehead atoms. The van der Waals surface area contributed by atoms with Crippen molar-refractivity contribution in [3.05, 3.63) is 12.2 Å². The summed E-state index contributed by atoms with van der Waals surface area (Å²) in [5.74, 6) is -0.323. The molecule has 4 aliphatic rings. The van der Waals surface area contributed by atoms with Gasteiger partial charge in [-0.1, -0.05) is 12.2 Å². The van der Waals surface area contributed by atoms with E-state index in [2.05, 4.69) is 0 Å². The maximum atomic E-state index is 13.0. The first-order valence-corrected chi connectivity index (χ1v) is 7.10. The zero-order valence-corrected chi connectivity index (χ0v) is 12.2. The van der Waals surface area contributed by atoms with Gasteiger partial charge in [-0.05, 0) is 20.8 Å². The number of amides is 2. The zero-order valence-electron chi connectivity index (χ0n) is 12.2. The molecule has 4 rings (SSSR count). The number of hydrogen-bond donors (Lipinski definition) is 0. The normalized spacial score (nSPS) is 52.5. The van der Waals surface area contributed by atoms with E-state index in [1.807, 2.05) is 32.9 Å². The smallest absolute Gasteiger partial charge is 0.240 e. The Labute approximate surface area is 117 Å². The van der Waals surface area contributed by atoms with Crippen LogP contribution in [0.4, 0.5) is 0 Å². The van der Waals surface area contributed by atoms with Gasteiger partial charge in [0, 0.05) is 13.0 Å². The van der Waals surface area contributed by atoms with Crippen molar-refractivity contribution in [2.45, 2.75) is 38.0 Å². The lowest BCUT2D eigenvalue weighted by molar-refractivity contribution is -0.148. The van der Waals surface area contributed by atoms with Crippen molar-refractivity contribution in [3.63, 3.8) is 0 Å². The third-order valence-corrected chi connectivity index (χ3v) is 5.73. The molecule has 0 N–H and O–H groups in total. The molecule has 1 saturated carbocycles. The third-order valence-electron chi connectivity index (χ3n) is 5.73. The van der Waals surface area contributed by atoms with E-state index in [9.17, 15) is 9.59 Å². The highest BCUT2D eigenvalue weighted by atomic mass is 16.5. The molecule has 3 aliphatic heterocycles. The maximum absolute atomic E-state index is 13.0. The molecule has 2 amide bonds. The summed E-state index contributed by atoms with van der Waals surface area (Å²) >= 11 is 0. The van der Waals surface area contributed by atoms with Crippen LogP contribution in [-0.4, -0.2) is 47.7 Å². The van der Waals surface area contributed by atoms with Crippen molar-refractivity contribution < 1.29 is 19.1 Å². The number of nitrogens with zero attached hydrogens (tertiary/aromatic N) is 1. The van der Waals surface area contributed by atoms with Crippen LogP contribution in [0.15, 0.2) is 12.2 Å². The largest absolute Gasteiger partial charge is 0.383 e. The highest BCUT2D eigenvalue weighted by molar-refractivity contribution is 6.14. The van der Waals surface area contributed by atoms with Gasteiger partial charge in [0.05, 0.1) is 24.2 Å². The highest BCUT2D eigenvalue weighted by Crippen LogP contribution is 2.81. The monoisotopic (exact) mass is 277 g/mol. The predicted molar refractivity (Wildman–Crippen MR) is 69.6 cm³/mol. The van der Waals surface area contributed by atoms with E-state index in [0.717, 1.165) is 0 Å². The summed E-state index contributed by atoms with van der Waals surface area (Å²) in [4.78, 5) is 27.0. The second-order valence-electron chi connectivity index (χ2n) is 6.87. The van der Waals surface area contributed by atoms with Gasteiger partial charge in [-0.2, -0.15) is 0 Å². The second-order valence-corrected chi connectivity index (χ2v) is 6.87. The van der Waals surface area contributed by atoms with Crippen molar-refractivity contribution >= 4 is 11.8 Å². The predicted octanol–water partition coefficient (Wildman–Crippen LogP) is 0.740. The Morgan fingerprint density at radius 1 is 1.40 bits per heavy atom. The topological polar surface area (TPSA) is 55.8 Å². The maximum Gasteiger partial charge on any atom is 0.240 e. The molecule has 2 saturated heterocycles. The average molecular weight is 277 g/mol. The molecule has 0 radical (unpaired) electrons. The minimum absolute atomic E-state index is 0.0102. The fraction of sp³-hybridized carbons (Fsp3) is 0.733. The Morgan fingerprint density at radius 3 is 2.75 bits per heavy atom. The van der Waals surface area contributed by atoms with Crippen LogP contribution in [0.1, 0.15) is 20.8 Å². The number of piperidine rings is 1. The first-order valence-electron chi connectivity index (χ1n) is 7.10. The van der Waals surface area contributed by atoms with E-state index in [1.165, 1.54) is 4.90 Å². The van der Waals surface area contributed by atoms with E-state index >= 15 is 0 Å². The Morgan fingerprint density at radius 2 is 2.10 bits per heavy atom. The molecular weight excluding hydrogens is 258 g/mol. The number of hydrogen-bond acceptors (Lipinski definition) is 4. The Bertz CT molecular complexity index is 572. The van der Waals surface area contributed by atoms with E-state index in [-0.39, 0.29) is 29.7 Å². The van der Waals surface area contributed by atoms with Gasteiger partial charge in [-0.25, -0.2) is 0 Å². The number of imide groups is 1. The van der Waals surface area contributed by atoms with Crippen LogP contribution < -0.4 is 0 Å². The lowest BCUT2D eigenvalue weighted by Gasteiger charge is -2.30. The molecule has 1 spiro atoms. The first-order chi connectivity index (χ1) is 9.33. The molecule has 6 unspecified atom stereocenters. The van der Waals surface area contributed by atoms with Gasteiger partial charge in [-0.3, -0.25) is 14.5 Å². The number of carbonyl (C=O) groups is 2. The highest BCUT2D eigenvalue weighted by Gasteiger charge is 2.94. The van der Waals surface area contributed by atoms with Crippen LogP contribution in [-0.2, 0) is 19.1 Å². The molecule has 1 aliphatic carbocycles. The quantitative estimate of drug-likeness (QED) is 0.564. The standard InChI is InChI=1S/C15H19NO4/c1-8(7-19-4)16-11(17)9-10-13(2)5-6-14(3,20-13)15(9,10)12(16)18/h5-6,8-10H,7H2,1-4H3. The molecule has 20 heavy (non-hydrogen) atoms. The molecule has 6 atom stereocenters. The minimum Gasteiger partial charge on any atom is -0.383 e. The Balaban J connectivity index is 1.76. The van der Waals surface area contributed by atoms with Crippen LogP contribution in [0, 0.1) is 17.3 Å². The number of likely N-dealkylation sites (tertiary alicyclic amines) is 1. The Hall–Kier alpha value is -1.20. The van der Waals surface area contributed by atoms with Crippen LogP contribution >= 0.6 is 0 Å². The fourth-order valence-corrected chi connectivity index (χ4v) is 5.03. The van der Waals surface area contributed by atoms with Gasteiger partial charge in [0.2, 0.25) is 11.8 Å².